The maximum Gasteiger partial charge on any atom is 0.161 e. The molecule has 2 heterocycles. The molecule has 6 heteroatoms. The first kappa shape index (κ1) is 16.2. The number of ether oxygens (including phenoxy) is 2. The molecule has 0 bridgehead atoms. The third-order valence-electron chi connectivity index (χ3n) is 3.86. The summed E-state index contributed by atoms with van der Waals surface area (Å²) in [5, 5.41) is 6.55. The molecule has 124 valence electrons. The van der Waals surface area contributed by atoms with Gasteiger partial charge < -0.3 is 14.8 Å². The summed E-state index contributed by atoms with van der Waals surface area (Å²) in [4.78, 5) is 7.22. The molecular weight excluding hydrogens is 310 g/mol. The highest BCUT2D eigenvalue weighted by molar-refractivity contribution is 7.13. The fourth-order valence-electron chi connectivity index (χ4n) is 2.69. The van der Waals surface area contributed by atoms with E-state index in [9.17, 15) is 0 Å². The van der Waals surface area contributed by atoms with E-state index in [1.54, 1.807) is 18.4 Å². The molecule has 1 aromatic carbocycles. The van der Waals surface area contributed by atoms with Gasteiger partial charge >= 0.3 is 0 Å². The second-order valence-corrected chi connectivity index (χ2v) is 6.33. The van der Waals surface area contributed by atoms with Crippen LogP contribution in [0, 0.1) is 0 Å². The number of methoxy groups -OCH3 is 1. The quantitative estimate of drug-likeness (QED) is 0.880. The average molecular weight is 333 g/mol. The van der Waals surface area contributed by atoms with Crippen molar-refractivity contribution in [2.75, 3.05) is 39.9 Å². The third-order valence-corrected chi connectivity index (χ3v) is 4.80. The minimum Gasteiger partial charge on any atom is -0.493 e. The minimum atomic E-state index is 0.627. The summed E-state index contributed by atoms with van der Waals surface area (Å²) in [6.07, 6.45) is 0. The van der Waals surface area contributed by atoms with E-state index in [4.69, 9.17) is 14.5 Å². The smallest absolute Gasteiger partial charge is 0.161 e. The molecule has 1 aliphatic rings. The highest BCUT2D eigenvalue weighted by Crippen LogP contribution is 2.33. The maximum atomic E-state index is 5.57. The summed E-state index contributed by atoms with van der Waals surface area (Å²) in [5.74, 6) is 1.53. The lowest BCUT2D eigenvalue weighted by Crippen LogP contribution is -2.42. The van der Waals surface area contributed by atoms with E-state index in [0.29, 0.717) is 6.61 Å². The summed E-state index contributed by atoms with van der Waals surface area (Å²) < 4.78 is 11.0. The van der Waals surface area contributed by atoms with Gasteiger partial charge in [0.1, 0.15) is 5.01 Å². The molecule has 1 fully saturated rings. The van der Waals surface area contributed by atoms with E-state index in [-0.39, 0.29) is 0 Å². The number of hydrogen-bond acceptors (Lipinski definition) is 6. The van der Waals surface area contributed by atoms with Crippen molar-refractivity contribution < 1.29 is 9.47 Å². The molecule has 0 unspecified atom stereocenters. The first-order valence-electron chi connectivity index (χ1n) is 7.99. The lowest BCUT2D eigenvalue weighted by molar-refractivity contribution is 0.231. The summed E-state index contributed by atoms with van der Waals surface area (Å²) in [6, 6.07) is 5.99. The van der Waals surface area contributed by atoms with E-state index < -0.39 is 0 Å². The van der Waals surface area contributed by atoms with Gasteiger partial charge in [0.25, 0.3) is 0 Å². The van der Waals surface area contributed by atoms with Crippen molar-refractivity contribution in [2.45, 2.75) is 13.5 Å². The molecule has 0 aliphatic carbocycles. The molecule has 2 aromatic rings. The van der Waals surface area contributed by atoms with Gasteiger partial charge in [0.05, 0.1) is 19.4 Å². The van der Waals surface area contributed by atoms with Crippen molar-refractivity contribution in [1.29, 1.82) is 0 Å². The van der Waals surface area contributed by atoms with Gasteiger partial charge in [-0.2, -0.15) is 0 Å². The first-order chi connectivity index (χ1) is 11.3. The summed E-state index contributed by atoms with van der Waals surface area (Å²) in [6.45, 7) is 7.82. The molecule has 5 nitrogen and oxygen atoms in total. The van der Waals surface area contributed by atoms with E-state index >= 15 is 0 Å². The van der Waals surface area contributed by atoms with Gasteiger partial charge in [-0.25, -0.2) is 4.98 Å². The molecule has 1 aliphatic heterocycles. The first-order valence-corrected chi connectivity index (χ1v) is 8.87. The maximum absolute atomic E-state index is 5.57. The van der Waals surface area contributed by atoms with Crippen LogP contribution in [0.4, 0.5) is 0 Å². The van der Waals surface area contributed by atoms with Gasteiger partial charge in [-0.3, -0.25) is 4.90 Å². The van der Waals surface area contributed by atoms with E-state index in [1.165, 1.54) is 0 Å². The predicted octanol–water partition coefficient (Wildman–Crippen LogP) is 2.62. The van der Waals surface area contributed by atoms with Crippen molar-refractivity contribution in [3.05, 3.63) is 29.3 Å². The Morgan fingerprint density at radius 3 is 2.83 bits per heavy atom. The Hall–Kier alpha value is -1.63. The molecule has 1 aromatic heterocycles. The highest BCUT2D eigenvalue weighted by atomic mass is 32.1. The Morgan fingerprint density at radius 2 is 2.09 bits per heavy atom. The molecule has 3 rings (SSSR count). The molecule has 0 spiro atoms. The summed E-state index contributed by atoms with van der Waals surface area (Å²) in [5.41, 5.74) is 2.21. The summed E-state index contributed by atoms with van der Waals surface area (Å²) >= 11 is 1.68. The average Bonchev–Trinajstić information content (AvgIpc) is 3.05. The van der Waals surface area contributed by atoms with Gasteiger partial charge in [0.2, 0.25) is 0 Å². The third kappa shape index (κ3) is 4.02. The van der Waals surface area contributed by atoms with Crippen LogP contribution in [-0.4, -0.2) is 49.8 Å². The van der Waals surface area contributed by atoms with E-state index in [2.05, 4.69) is 15.6 Å². The zero-order valence-electron chi connectivity index (χ0n) is 13.7. The Morgan fingerprint density at radius 1 is 1.26 bits per heavy atom. The molecule has 0 radical (unpaired) electrons. The van der Waals surface area contributed by atoms with Gasteiger partial charge in [0.15, 0.2) is 11.5 Å². The van der Waals surface area contributed by atoms with Gasteiger partial charge in [0, 0.05) is 43.7 Å². The Labute approximate surface area is 141 Å². The second kappa shape index (κ2) is 7.77. The SMILES string of the molecule is CCOc1ccc(-c2nc(CN3CCNCC3)cs2)cc1OC. The van der Waals surface area contributed by atoms with Crippen LogP contribution < -0.4 is 14.8 Å². The topological polar surface area (TPSA) is 46.6 Å². The van der Waals surface area contributed by atoms with E-state index in [0.717, 1.165) is 60.5 Å². The fourth-order valence-corrected chi connectivity index (χ4v) is 3.49. The van der Waals surface area contributed by atoms with Crippen LogP contribution >= 0.6 is 11.3 Å². The van der Waals surface area contributed by atoms with Crippen LogP contribution in [0.3, 0.4) is 0 Å². The Bertz CT molecular complexity index is 639. The normalized spacial score (nSPS) is 15.6. The number of thiazole rings is 1. The monoisotopic (exact) mass is 333 g/mol. The van der Waals surface area contributed by atoms with Crippen LogP contribution in [0.2, 0.25) is 0 Å². The predicted molar refractivity (Wildman–Crippen MR) is 93.4 cm³/mol. The number of rotatable bonds is 6. The Balaban J connectivity index is 1.74. The van der Waals surface area contributed by atoms with Crippen LogP contribution in [-0.2, 0) is 6.54 Å². The largest absolute Gasteiger partial charge is 0.493 e. The van der Waals surface area contributed by atoms with Crippen molar-refractivity contribution in [1.82, 2.24) is 15.2 Å². The molecule has 0 amide bonds. The van der Waals surface area contributed by atoms with Crippen molar-refractivity contribution in [3.8, 4) is 22.1 Å². The molecule has 23 heavy (non-hydrogen) atoms. The van der Waals surface area contributed by atoms with Crippen molar-refractivity contribution >= 4 is 11.3 Å². The lowest BCUT2D eigenvalue weighted by atomic mass is 10.2. The number of nitrogens with zero attached hydrogens (tertiary/aromatic N) is 2. The fraction of sp³-hybridized carbons (Fsp3) is 0.471. The molecule has 1 N–H and O–H groups in total. The standard InChI is InChI=1S/C17H23N3O2S/c1-3-22-15-5-4-13(10-16(15)21-2)17-19-14(12-23-17)11-20-8-6-18-7-9-20/h4-5,10,12,18H,3,6-9,11H2,1-2H3. The molecule has 0 saturated carbocycles. The number of aromatic nitrogens is 1. The van der Waals surface area contributed by atoms with Crippen LogP contribution in [0.15, 0.2) is 23.6 Å². The number of nitrogens with one attached hydrogen (secondary N) is 1. The van der Waals surface area contributed by atoms with Gasteiger partial charge in [-0.05, 0) is 25.1 Å². The number of hydrogen-bond donors (Lipinski definition) is 1. The number of benzene rings is 1. The zero-order valence-corrected chi connectivity index (χ0v) is 14.5. The van der Waals surface area contributed by atoms with Crippen molar-refractivity contribution in [3.63, 3.8) is 0 Å². The second-order valence-electron chi connectivity index (χ2n) is 5.47. The molecular formula is C17H23N3O2S. The van der Waals surface area contributed by atoms with Crippen molar-refractivity contribution in [2.24, 2.45) is 0 Å². The van der Waals surface area contributed by atoms with Crippen LogP contribution in [0.1, 0.15) is 12.6 Å². The molecule has 0 atom stereocenters. The van der Waals surface area contributed by atoms with Crippen LogP contribution in [0.25, 0.3) is 10.6 Å². The van der Waals surface area contributed by atoms with Gasteiger partial charge in [-0.15, -0.1) is 11.3 Å². The van der Waals surface area contributed by atoms with Crippen LogP contribution in [0.5, 0.6) is 11.5 Å². The summed E-state index contributed by atoms with van der Waals surface area (Å²) in [7, 11) is 1.67. The minimum absolute atomic E-state index is 0.627. The lowest BCUT2D eigenvalue weighted by Gasteiger charge is -2.26. The van der Waals surface area contributed by atoms with Gasteiger partial charge in [-0.1, -0.05) is 0 Å². The Kier molecular flexibility index (Phi) is 5.48. The highest BCUT2D eigenvalue weighted by Gasteiger charge is 2.13. The molecule has 1 saturated heterocycles. The van der Waals surface area contributed by atoms with E-state index in [1.807, 2.05) is 25.1 Å². The zero-order chi connectivity index (χ0) is 16.1. The number of piperazine rings is 1.